The summed E-state index contributed by atoms with van der Waals surface area (Å²) in [5.41, 5.74) is 3.42. The van der Waals surface area contributed by atoms with Crippen molar-refractivity contribution in [2.75, 3.05) is 19.6 Å². The highest BCUT2D eigenvalue weighted by molar-refractivity contribution is 7.13. The molecular weight excluding hydrogens is 457 g/mol. The number of hydrogen-bond acceptors (Lipinski definition) is 6. The summed E-state index contributed by atoms with van der Waals surface area (Å²) in [6, 6.07) is 6.12. The molecule has 3 N–H and O–H groups in total. The van der Waals surface area contributed by atoms with Gasteiger partial charge in [0.15, 0.2) is 0 Å². The predicted octanol–water partition coefficient (Wildman–Crippen LogP) is 3.57. The third-order valence-electron chi connectivity index (χ3n) is 5.97. The highest BCUT2D eigenvalue weighted by Gasteiger charge is 2.31. The number of aliphatic hydroxyl groups excluding tert-OH is 1. The van der Waals surface area contributed by atoms with E-state index in [1.54, 1.807) is 22.4 Å². The maximum atomic E-state index is 13.5. The number of aromatic amines is 1. The van der Waals surface area contributed by atoms with Gasteiger partial charge in [0.2, 0.25) is 0 Å². The van der Waals surface area contributed by atoms with Gasteiger partial charge in [0.05, 0.1) is 5.56 Å². The third kappa shape index (κ3) is 5.02. The van der Waals surface area contributed by atoms with Gasteiger partial charge in [0.25, 0.3) is 11.8 Å². The number of benzene rings is 1. The van der Waals surface area contributed by atoms with Gasteiger partial charge < -0.3 is 15.3 Å². The number of carbonyl (C=O) groups is 2. The molecule has 1 fully saturated rings. The number of aliphatic hydroxyl groups is 1. The van der Waals surface area contributed by atoms with E-state index in [0.29, 0.717) is 48.9 Å². The second kappa shape index (κ2) is 10.4. The largest absolute Gasteiger partial charge is 0.384 e. The molecule has 1 unspecified atom stereocenters. The molecule has 0 saturated carbocycles. The van der Waals surface area contributed by atoms with Crippen LogP contribution in [0.2, 0.25) is 0 Å². The Labute approximate surface area is 201 Å². The van der Waals surface area contributed by atoms with Crippen molar-refractivity contribution in [1.82, 2.24) is 25.4 Å². The Morgan fingerprint density at radius 1 is 1.29 bits per heavy atom. The van der Waals surface area contributed by atoms with Gasteiger partial charge in [-0.3, -0.25) is 14.7 Å². The van der Waals surface area contributed by atoms with E-state index >= 15 is 0 Å². The van der Waals surface area contributed by atoms with E-state index in [1.165, 1.54) is 30.4 Å². The van der Waals surface area contributed by atoms with Gasteiger partial charge in [-0.05, 0) is 50.5 Å². The molecule has 0 spiro atoms. The van der Waals surface area contributed by atoms with Crippen LogP contribution >= 0.6 is 11.3 Å². The lowest BCUT2D eigenvalue weighted by Crippen LogP contribution is -2.42. The first-order chi connectivity index (χ1) is 16.4. The molecular formula is C24H28FN5O3S. The van der Waals surface area contributed by atoms with E-state index in [4.69, 9.17) is 0 Å². The fourth-order valence-electron chi connectivity index (χ4n) is 4.16. The number of carbonyl (C=O) groups excluding carboxylic acids is 2. The fourth-order valence-corrected chi connectivity index (χ4v) is 5.02. The zero-order chi connectivity index (χ0) is 24.2. The second-order valence-electron chi connectivity index (χ2n) is 8.44. The van der Waals surface area contributed by atoms with Crippen LogP contribution in [0.25, 0.3) is 21.8 Å². The molecule has 1 atom stereocenters. The SMILES string of the molecule is CCCNC(=O)c1csc(-c2c(-c3ccc(F)cc3)n[nH]c2C2CCN(C(=O)C(C)O)CC2)n1. The van der Waals surface area contributed by atoms with Crippen LogP contribution in [0.5, 0.6) is 0 Å². The molecule has 1 saturated heterocycles. The highest BCUT2D eigenvalue weighted by atomic mass is 32.1. The van der Waals surface area contributed by atoms with Gasteiger partial charge in [0, 0.05) is 42.2 Å². The Hall–Kier alpha value is -3.11. The lowest BCUT2D eigenvalue weighted by molar-refractivity contribution is -0.140. The monoisotopic (exact) mass is 485 g/mol. The number of amides is 2. The van der Waals surface area contributed by atoms with Crippen LogP contribution in [-0.2, 0) is 4.79 Å². The molecule has 1 aromatic carbocycles. The molecule has 1 aliphatic rings. The van der Waals surface area contributed by atoms with Crippen molar-refractivity contribution in [3.63, 3.8) is 0 Å². The van der Waals surface area contributed by atoms with E-state index in [2.05, 4.69) is 20.5 Å². The van der Waals surface area contributed by atoms with Crippen LogP contribution in [0.15, 0.2) is 29.6 Å². The summed E-state index contributed by atoms with van der Waals surface area (Å²) in [7, 11) is 0. The summed E-state index contributed by atoms with van der Waals surface area (Å²) in [6.45, 7) is 5.10. The number of halogens is 1. The number of likely N-dealkylation sites (tertiary alicyclic amines) is 1. The number of piperidine rings is 1. The van der Waals surface area contributed by atoms with Crippen LogP contribution < -0.4 is 5.32 Å². The highest BCUT2D eigenvalue weighted by Crippen LogP contribution is 2.41. The quantitative estimate of drug-likeness (QED) is 0.474. The number of thiazole rings is 1. The number of aromatic nitrogens is 3. The summed E-state index contributed by atoms with van der Waals surface area (Å²) in [6.07, 6.45) is 1.22. The van der Waals surface area contributed by atoms with Gasteiger partial charge in [-0.15, -0.1) is 11.3 Å². The number of H-pyrrole nitrogens is 1. The molecule has 34 heavy (non-hydrogen) atoms. The summed E-state index contributed by atoms with van der Waals surface area (Å²) in [4.78, 5) is 30.9. The van der Waals surface area contributed by atoms with Gasteiger partial charge in [-0.25, -0.2) is 9.37 Å². The van der Waals surface area contributed by atoms with Crippen LogP contribution in [0.1, 0.15) is 55.2 Å². The molecule has 10 heteroatoms. The molecule has 3 heterocycles. The van der Waals surface area contributed by atoms with E-state index in [1.807, 2.05) is 6.92 Å². The summed E-state index contributed by atoms with van der Waals surface area (Å²) in [5.74, 6) is -0.725. The Balaban J connectivity index is 1.67. The van der Waals surface area contributed by atoms with Crippen molar-refractivity contribution in [1.29, 1.82) is 0 Å². The molecule has 0 radical (unpaired) electrons. The number of nitrogens with one attached hydrogen (secondary N) is 2. The lowest BCUT2D eigenvalue weighted by Gasteiger charge is -2.32. The van der Waals surface area contributed by atoms with E-state index in [9.17, 15) is 19.1 Å². The van der Waals surface area contributed by atoms with Crippen molar-refractivity contribution in [3.8, 4) is 21.8 Å². The van der Waals surface area contributed by atoms with Gasteiger partial charge in [-0.2, -0.15) is 5.10 Å². The van der Waals surface area contributed by atoms with Crippen molar-refractivity contribution in [3.05, 3.63) is 46.9 Å². The maximum Gasteiger partial charge on any atom is 0.270 e. The molecule has 2 aromatic heterocycles. The number of nitrogens with zero attached hydrogens (tertiary/aromatic N) is 3. The Morgan fingerprint density at radius 2 is 2.00 bits per heavy atom. The average molecular weight is 486 g/mol. The second-order valence-corrected chi connectivity index (χ2v) is 9.30. The molecule has 2 amide bonds. The summed E-state index contributed by atoms with van der Waals surface area (Å²) < 4.78 is 13.5. The molecule has 0 bridgehead atoms. The van der Waals surface area contributed by atoms with Crippen LogP contribution in [0.3, 0.4) is 0 Å². The zero-order valence-corrected chi connectivity index (χ0v) is 20.0. The minimum absolute atomic E-state index is 0.0935. The first-order valence-corrected chi connectivity index (χ1v) is 12.3. The molecule has 3 aromatic rings. The minimum Gasteiger partial charge on any atom is -0.384 e. The van der Waals surface area contributed by atoms with Gasteiger partial charge in [-0.1, -0.05) is 6.92 Å². The molecule has 4 rings (SSSR count). The average Bonchev–Trinajstić information content (AvgIpc) is 3.50. The summed E-state index contributed by atoms with van der Waals surface area (Å²) >= 11 is 1.36. The Bertz CT molecular complexity index is 1150. The van der Waals surface area contributed by atoms with Crippen LogP contribution in [0.4, 0.5) is 4.39 Å². The van der Waals surface area contributed by atoms with E-state index in [-0.39, 0.29) is 23.5 Å². The van der Waals surface area contributed by atoms with Crippen molar-refractivity contribution in [2.45, 2.75) is 45.1 Å². The Kier molecular flexibility index (Phi) is 7.38. The standard InChI is InChI=1S/C24H28FN5O3S/c1-3-10-26-22(32)18-13-34-23(27-18)19-20(15-4-6-17(25)7-5-15)28-29-21(19)16-8-11-30(12-9-16)24(33)14(2)31/h4-7,13-14,16,31H,3,8-12H2,1-2H3,(H,26,32)(H,28,29). The molecule has 0 aliphatic carbocycles. The topological polar surface area (TPSA) is 111 Å². The first-order valence-electron chi connectivity index (χ1n) is 11.4. The first kappa shape index (κ1) is 24.0. The molecule has 180 valence electrons. The fraction of sp³-hybridized carbons (Fsp3) is 0.417. The minimum atomic E-state index is -1.02. The van der Waals surface area contributed by atoms with Crippen LogP contribution in [0, 0.1) is 5.82 Å². The van der Waals surface area contributed by atoms with E-state index < -0.39 is 6.10 Å². The van der Waals surface area contributed by atoms with Crippen molar-refractivity contribution >= 4 is 23.2 Å². The predicted molar refractivity (Wildman–Crippen MR) is 128 cm³/mol. The van der Waals surface area contributed by atoms with Crippen LogP contribution in [-0.4, -0.2) is 62.7 Å². The normalized spacial score (nSPS) is 15.4. The van der Waals surface area contributed by atoms with Crippen molar-refractivity contribution < 1.29 is 19.1 Å². The lowest BCUT2D eigenvalue weighted by atomic mass is 9.90. The van der Waals surface area contributed by atoms with Crippen molar-refractivity contribution in [2.24, 2.45) is 0 Å². The van der Waals surface area contributed by atoms with E-state index in [0.717, 1.165) is 23.2 Å². The Morgan fingerprint density at radius 3 is 2.65 bits per heavy atom. The number of hydrogen-bond donors (Lipinski definition) is 3. The molecule has 8 nitrogen and oxygen atoms in total. The smallest absolute Gasteiger partial charge is 0.270 e. The summed E-state index contributed by atoms with van der Waals surface area (Å²) in [5, 5.41) is 22.6. The molecule has 1 aliphatic heterocycles. The third-order valence-corrected chi connectivity index (χ3v) is 6.83. The number of rotatable bonds is 7. The van der Waals surface area contributed by atoms with Gasteiger partial charge in [0.1, 0.15) is 28.3 Å². The zero-order valence-electron chi connectivity index (χ0n) is 19.2. The maximum absolute atomic E-state index is 13.5. The van der Waals surface area contributed by atoms with Gasteiger partial charge >= 0.3 is 0 Å².